The van der Waals surface area contributed by atoms with Gasteiger partial charge in [-0.1, -0.05) is 13.8 Å². The Hall–Kier alpha value is -0.820. The van der Waals surface area contributed by atoms with E-state index in [-0.39, 0.29) is 5.92 Å². The van der Waals surface area contributed by atoms with E-state index < -0.39 is 12.2 Å². The molecule has 142 valence electrons. The molecule has 0 spiro atoms. The Morgan fingerprint density at radius 3 is 1.92 bits per heavy atom. The molecule has 2 atom stereocenters. The molecule has 0 bridgehead atoms. The fourth-order valence-corrected chi connectivity index (χ4v) is 2.52. The second-order valence-electron chi connectivity index (χ2n) is 6.29. The molecular weight excluding hydrogens is 312 g/mol. The van der Waals surface area contributed by atoms with Crippen molar-refractivity contribution in [2.75, 3.05) is 26.4 Å². The minimum absolute atomic E-state index is 0.0755. The molecule has 2 N–H and O–H groups in total. The third-order valence-electron chi connectivity index (χ3n) is 3.86. The van der Waals surface area contributed by atoms with Gasteiger partial charge in [-0.25, -0.2) is 0 Å². The third-order valence-corrected chi connectivity index (χ3v) is 3.86. The second-order valence-corrected chi connectivity index (χ2v) is 6.29. The van der Waals surface area contributed by atoms with Crippen molar-refractivity contribution < 1.29 is 29.3 Å². The van der Waals surface area contributed by atoms with Crippen molar-refractivity contribution in [2.24, 2.45) is 11.8 Å². The maximum Gasteiger partial charge on any atom is 0.120 e. The van der Waals surface area contributed by atoms with Crippen LogP contribution in [0.15, 0.2) is 0 Å². The first-order valence-corrected chi connectivity index (χ1v) is 8.97. The monoisotopic (exact) mass is 346 g/mol. The lowest BCUT2D eigenvalue weighted by molar-refractivity contribution is -0.111. The summed E-state index contributed by atoms with van der Waals surface area (Å²) in [5.74, 6) is 0.424. The molecular formula is C18H34O6. The van der Waals surface area contributed by atoms with Crippen LogP contribution in [0.25, 0.3) is 0 Å². The smallest absolute Gasteiger partial charge is 0.120 e. The van der Waals surface area contributed by atoms with Gasteiger partial charge in [-0.2, -0.15) is 0 Å². The molecule has 1 saturated carbocycles. The molecule has 0 radical (unpaired) electrons. The van der Waals surface area contributed by atoms with Crippen molar-refractivity contribution in [1.82, 2.24) is 0 Å². The summed E-state index contributed by atoms with van der Waals surface area (Å²) in [7, 11) is 0. The van der Waals surface area contributed by atoms with Gasteiger partial charge in [0.2, 0.25) is 0 Å². The van der Waals surface area contributed by atoms with Crippen LogP contribution in [-0.2, 0) is 19.1 Å². The summed E-state index contributed by atoms with van der Waals surface area (Å²) in [5.41, 5.74) is 0. The lowest BCUT2D eigenvalue weighted by atomic mass is 10.0. The average Bonchev–Trinajstić information content (AvgIpc) is 2.87. The molecule has 6 heteroatoms. The van der Waals surface area contributed by atoms with E-state index in [0.717, 1.165) is 32.0 Å². The maximum absolute atomic E-state index is 10.2. The van der Waals surface area contributed by atoms with Crippen molar-refractivity contribution in [3.8, 4) is 0 Å². The SMILES string of the molecule is CCCOCC(CC=O)CC=O.CCCOCC1CC(O)C(O)C1. The summed E-state index contributed by atoms with van der Waals surface area (Å²) in [6, 6.07) is 0. The number of aliphatic hydroxyl groups excluding tert-OH is 2. The number of rotatable bonds is 12. The van der Waals surface area contributed by atoms with E-state index in [1.165, 1.54) is 0 Å². The normalized spacial score (nSPS) is 23.0. The van der Waals surface area contributed by atoms with Gasteiger partial charge in [0.15, 0.2) is 0 Å². The molecule has 0 saturated heterocycles. The van der Waals surface area contributed by atoms with Crippen molar-refractivity contribution in [3.63, 3.8) is 0 Å². The predicted molar refractivity (Wildman–Crippen MR) is 91.8 cm³/mol. The highest BCUT2D eigenvalue weighted by Crippen LogP contribution is 2.26. The number of hydrogen-bond donors (Lipinski definition) is 2. The van der Waals surface area contributed by atoms with Crippen LogP contribution in [0.5, 0.6) is 0 Å². The lowest BCUT2D eigenvalue weighted by Crippen LogP contribution is -2.17. The zero-order chi connectivity index (χ0) is 18.2. The van der Waals surface area contributed by atoms with Crippen LogP contribution in [0.1, 0.15) is 52.4 Å². The molecule has 0 aliphatic heterocycles. The van der Waals surface area contributed by atoms with Gasteiger partial charge in [-0.05, 0) is 37.5 Å². The number of aldehydes is 2. The van der Waals surface area contributed by atoms with Gasteiger partial charge >= 0.3 is 0 Å². The molecule has 0 aromatic heterocycles. The largest absolute Gasteiger partial charge is 0.390 e. The molecule has 0 heterocycles. The number of hydrogen-bond acceptors (Lipinski definition) is 6. The Kier molecular flexibility index (Phi) is 15.2. The molecule has 6 nitrogen and oxygen atoms in total. The Labute approximate surface area is 145 Å². The van der Waals surface area contributed by atoms with Gasteiger partial charge in [-0.15, -0.1) is 0 Å². The summed E-state index contributed by atoms with van der Waals surface area (Å²) < 4.78 is 10.6. The van der Waals surface area contributed by atoms with Crippen molar-refractivity contribution in [3.05, 3.63) is 0 Å². The second kappa shape index (κ2) is 15.7. The van der Waals surface area contributed by atoms with E-state index in [0.29, 0.717) is 51.4 Å². The topological polar surface area (TPSA) is 93.1 Å². The van der Waals surface area contributed by atoms with Gasteiger partial charge < -0.3 is 29.3 Å². The van der Waals surface area contributed by atoms with Crippen molar-refractivity contribution in [1.29, 1.82) is 0 Å². The Morgan fingerprint density at radius 2 is 1.46 bits per heavy atom. The average molecular weight is 346 g/mol. The van der Waals surface area contributed by atoms with Gasteiger partial charge in [0.25, 0.3) is 0 Å². The first kappa shape index (κ1) is 23.2. The fraction of sp³-hybridized carbons (Fsp3) is 0.889. The quantitative estimate of drug-likeness (QED) is 0.413. The molecule has 0 aromatic carbocycles. The standard InChI is InChI=1S/C9H18O3.C9H16O3/c1-2-3-12-6-7-4-8(10)9(11)5-7;1-2-7-12-8-9(3-5-10)4-6-11/h7-11H,2-6H2,1H3;5-6,9H,2-4,7-8H2,1H3. The van der Waals surface area contributed by atoms with Crippen LogP contribution in [0, 0.1) is 11.8 Å². The van der Waals surface area contributed by atoms with Crippen molar-refractivity contribution >= 4 is 12.6 Å². The van der Waals surface area contributed by atoms with Crippen LogP contribution in [-0.4, -0.2) is 61.4 Å². The summed E-state index contributed by atoms with van der Waals surface area (Å²) in [5, 5.41) is 18.4. The fourth-order valence-electron chi connectivity index (χ4n) is 2.52. The molecule has 0 amide bonds. The van der Waals surface area contributed by atoms with Gasteiger partial charge in [0.1, 0.15) is 12.6 Å². The van der Waals surface area contributed by atoms with Gasteiger partial charge in [0, 0.05) is 32.7 Å². The van der Waals surface area contributed by atoms with Crippen molar-refractivity contribution in [2.45, 2.75) is 64.6 Å². The Balaban J connectivity index is 0.000000441. The molecule has 1 aliphatic carbocycles. The van der Waals surface area contributed by atoms with E-state index in [1.54, 1.807) is 0 Å². The van der Waals surface area contributed by atoms with E-state index in [1.807, 2.05) is 6.92 Å². The van der Waals surface area contributed by atoms with E-state index in [2.05, 4.69) is 6.92 Å². The highest BCUT2D eigenvalue weighted by atomic mass is 16.5. The van der Waals surface area contributed by atoms with Crippen LogP contribution in [0.3, 0.4) is 0 Å². The Bertz CT molecular complexity index is 290. The summed E-state index contributed by atoms with van der Waals surface area (Å²) >= 11 is 0. The molecule has 0 aromatic rings. The molecule has 1 aliphatic rings. The molecule has 2 unspecified atom stereocenters. The predicted octanol–water partition coefficient (Wildman–Crippen LogP) is 1.75. The summed E-state index contributed by atoms with van der Waals surface area (Å²) in [4.78, 5) is 20.3. The zero-order valence-electron chi connectivity index (χ0n) is 15.1. The van der Waals surface area contributed by atoms with E-state index >= 15 is 0 Å². The molecule has 1 rings (SSSR count). The first-order chi connectivity index (χ1) is 11.6. The maximum atomic E-state index is 10.2. The van der Waals surface area contributed by atoms with Gasteiger partial charge in [0.05, 0.1) is 18.8 Å². The highest BCUT2D eigenvalue weighted by molar-refractivity contribution is 5.54. The first-order valence-electron chi connectivity index (χ1n) is 8.97. The summed E-state index contributed by atoms with van der Waals surface area (Å²) in [6.45, 7) is 6.77. The minimum Gasteiger partial charge on any atom is -0.390 e. The van der Waals surface area contributed by atoms with E-state index in [9.17, 15) is 19.8 Å². The van der Waals surface area contributed by atoms with E-state index in [4.69, 9.17) is 9.47 Å². The van der Waals surface area contributed by atoms with Crippen LogP contribution < -0.4 is 0 Å². The Morgan fingerprint density at radius 1 is 0.958 bits per heavy atom. The lowest BCUT2D eigenvalue weighted by Gasteiger charge is -2.10. The highest BCUT2D eigenvalue weighted by Gasteiger charge is 2.31. The number of carbonyl (C=O) groups excluding carboxylic acids is 2. The van der Waals surface area contributed by atoms with Crippen LogP contribution >= 0.6 is 0 Å². The number of carbonyl (C=O) groups is 2. The van der Waals surface area contributed by atoms with Crippen LogP contribution in [0.4, 0.5) is 0 Å². The van der Waals surface area contributed by atoms with Crippen LogP contribution in [0.2, 0.25) is 0 Å². The number of aliphatic hydroxyl groups is 2. The number of ether oxygens (including phenoxy) is 2. The molecule has 24 heavy (non-hydrogen) atoms. The molecule has 1 fully saturated rings. The van der Waals surface area contributed by atoms with Gasteiger partial charge in [-0.3, -0.25) is 0 Å². The zero-order valence-corrected chi connectivity index (χ0v) is 15.1. The minimum atomic E-state index is -0.528. The summed E-state index contributed by atoms with van der Waals surface area (Å²) in [6.07, 6.45) is 4.82. The third kappa shape index (κ3) is 11.7.